The molecule has 0 bridgehead atoms. The zero-order valence-corrected chi connectivity index (χ0v) is 9.30. The van der Waals surface area contributed by atoms with Crippen molar-refractivity contribution in [3.63, 3.8) is 0 Å². The Balaban J connectivity index is 1.46. The number of morpholine rings is 1. The van der Waals surface area contributed by atoms with Gasteiger partial charge in [-0.1, -0.05) is 0 Å². The lowest BCUT2D eigenvalue weighted by molar-refractivity contribution is -0.677. The van der Waals surface area contributed by atoms with E-state index in [4.69, 9.17) is 4.74 Å². The molecule has 5 nitrogen and oxygen atoms in total. The molecule has 2 saturated heterocycles. The highest BCUT2D eigenvalue weighted by molar-refractivity contribution is 5.63. The highest BCUT2D eigenvalue weighted by Gasteiger charge is 2.56. The Kier molecular flexibility index (Phi) is 2.52. The minimum absolute atomic E-state index is 0.390. The van der Waals surface area contributed by atoms with Gasteiger partial charge in [-0.15, -0.1) is 0 Å². The summed E-state index contributed by atoms with van der Waals surface area (Å²) in [6.07, 6.45) is 0.501. The van der Waals surface area contributed by atoms with Crippen LogP contribution in [0.4, 0.5) is 4.79 Å². The van der Waals surface area contributed by atoms with Gasteiger partial charge in [0.25, 0.3) is 0 Å². The Hall–Kier alpha value is -0.810. The molecule has 2 N–H and O–H groups in total. The third-order valence-corrected chi connectivity index (χ3v) is 4.27. The maximum atomic E-state index is 10.6. The molecule has 3 aliphatic rings. The molecule has 0 spiro atoms. The fraction of sp³-hybridized carbons (Fsp3) is 0.909. The lowest BCUT2D eigenvalue weighted by atomic mass is 10.1. The Bertz CT molecular complexity index is 279. The number of carboxylic acid groups (broad SMARTS) is 1. The molecular formula is C11H18N2O3. The molecule has 3 unspecified atom stereocenters. The number of hydrogen-bond donors (Lipinski definition) is 1. The van der Waals surface area contributed by atoms with E-state index < -0.39 is 6.09 Å². The van der Waals surface area contributed by atoms with Crippen LogP contribution in [0.5, 0.6) is 0 Å². The van der Waals surface area contributed by atoms with E-state index >= 15 is 0 Å². The quantitative estimate of drug-likeness (QED) is 0.584. The molecule has 2 aliphatic heterocycles. The van der Waals surface area contributed by atoms with Crippen LogP contribution in [0.2, 0.25) is 0 Å². The highest BCUT2D eigenvalue weighted by atomic mass is 16.5. The average Bonchev–Trinajstić information content (AvgIpc) is 2.76. The van der Waals surface area contributed by atoms with E-state index in [1.165, 1.54) is 4.90 Å². The Morgan fingerprint density at radius 2 is 2.19 bits per heavy atom. The minimum Gasteiger partial charge on any atom is -0.530 e. The topological polar surface area (TPSA) is 69.2 Å². The van der Waals surface area contributed by atoms with Crippen molar-refractivity contribution < 1.29 is 20.0 Å². The molecule has 16 heavy (non-hydrogen) atoms. The van der Waals surface area contributed by atoms with Gasteiger partial charge in [0.15, 0.2) is 0 Å². The Labute approximate surface area is 94.8 Å². The van der Waals surface area contributed by atoms with Crippen molar-refractivity contribution >= 4 is 6.09 Å². The fourth-order valence-electron chi connectivity index (χ4n) is 3.31. The monoisotopic (exact) mass is 226 g/mol. The Morgan fingerprint density at radius 3 is 2.75 bits per heavy atom. The second kappa shape index (κ2) is 3.89. The molecule has 0 aromatic carbocycles. The lowest BCUT2D eigenvalue weighted by Gasteiger charge is -2.24. The molecule has 3 rings (SSSR count). The lowest BCUT2D eigenvalue weighted by Crippen LogP contribution is -2.89. The second-order valence-corrected chi connectivity index (χ2v) is 5.20. The van der Waals surface area contributed by atoms with Crippen molar-refractivity contribution in [1.29, 1.82) is 0 Å². The molecule has 3 atom stereocenters. The van der Waals surface area contributed by atoms with Crippen molar-refractivity contribution in [3.8, 4) is 0 Å². The standard InChI is InChI=1S/C11H18N2O3/c14-11(15)13-5-9-8(10(9)6-13)3-7-4-12-1-2-16-7/h7-10,12H,1-6H2,(H,14,15). The number of carbonyl (C=O) groups excluding carboxylic acids is 1. The van der Waals surface area contributed by atoms with Crippen LogP contribution in [-0.4, -0.2) is 49.9 Å². The summed E-state index contributed by atoms with van der Waals surface area (Å²) in [5.41, 5.74) is 0. The first-order chi connectivity index (χ1) is 7.75. The first-order valence-corrected chi connectivity index (χ1v) is 6.15. The van der Waals surface area contributed by atoms with E-state index in [1.54, 1.807) is 0 Å². The van der Waals surface area contributed by atoms with Crippen LogP contribution in [0.3, 0.4) is 0 Å². The number of fused-ring (bicyclic) bond motifs is 1. The summed E-state index contributed by atoms with van der Waals surface area (Å²) in [7, 11) is 0. The third kappa shape index (κ3) is 1.78. The number of likely N-dealkylation sites (tertiary alicyclic amines) is 1. The van der Waals surface area contributed by atoms with Crippen molar-refractivity contribution in [1.82, 2.24) is 4.90 Å². The number of hydrogen-bond acceptors (Lipinski definition) is 3. The predicted molar refractivity (Wildman–Crippen MR) is 53.5 cm³/mol. The molecule has 1 amide bonds. The van der Waals surface area contributed by atoms with Crippen LogP contribution < -0.4 is 10.4 Å². The fourth-order valence-corrected chi connectivity index (χ4v) is 3.31. The number of rotatable bonds is 2. The van der Waals surface area contributed by atoms with Gasteiger partial charge in [0.05, 0.1) is 13.2 Å². The number of ether oxygens (including phenoxy) is 1. The molecule has 3 fully saturated rings. The minimum atomic E-state index is -1.01. The first kappa shape index (κ1) is 10.4. The van der Waals surface area contributed by atoms with E-state index in [2.05, 4.69) is 5.32 Å². The number of quaternary nitrogens is 1. The van der Waals surface area contributed by atoms with E-state index in [1.807, 2.05) is 0 Å². The van der Waals surface area contributed by atoms with Crippen LogP contribution in [0, 0.1) is 17.8 Å². The van der Waals surface area contributed by atoms with Crippen molar-refractivity contribution in [3.05, 3.63) is 0 Å². The van der Waals surface area contributed by atoms with Crippen molar-refractivity contribution in [2.45, 2.75) is 12.5 Å². The van der Waals surface area contributed by atoms with Crippen LogP contribution in [-0.2, 0) is 4.74 Å². The summed E-state index contributed by atoms with van der Waals surface area (Å²) in [4.78, 5) is 12.1. The molecule has 2 heterocycles. The summed E-state index contributed by atoms with van der Waals surface area (Å²) < 4.78 is 5.69. The number of nitrogens with zero attached hydrogens (tertiary/aromatic N) is 1. The first-order valence-electron chi connectivity index (χ1n) is 6.15. The number of piperidine rings is 1. The number of amides is 1. The zero-order chi connectivity index (χ0) is 11.1. The van der Waals surface area contributed by atoms with Crippen LogP contribution >= 0.6 is 0 Å². The van der Waals surface area contributed by atoms with Gasteiger partial charge in [-0.2, -0.15) is 0 Å². The molecule has 1 aliphatic carbocycles. The summed E-state index contributed by atoms with van der Waals surface area (Å²) in [6.45, 7) is 4.38. The van der Waals surface area contributed by atoms with Gasteiger partial charge in [-0.3, -0.25) is 0 Å². The summed E-state index contributed by atoms with van der Waals surface area (Å²) >= 11 is 0. The van der Waals surface area contributed by atoms with Gasteiger partial charge in [0, 0.05) is 13.1 Å². The van der Waals surface area contributed by atoms with Crippen molar-refractivity contribution in [2.24, 2.45) is 17.8 Å². The van der Waals surface area contributed by atoms with Gasteiger partial charge in [0.1, 0.15) is 18.7 Å². The van der Waals surface area contributed by atoms with Crippen LogP contribution in [0.1, 0.15) is 6.42 Å². The number of nitrogens with two attached hydrogens (primary N) is 1. The Morgan fingerprint density at radius 1 is 1.44 bits per heavy atom. The van der Waals surface area contributed by atoms with E-state index in [0.717, 1.165) is 26.1 Å². The van der Waals surface area contributed by atoms with Gasteiger partial charge in [-0.25, -0.2) is 0 Å². The molecule has 5 heteroatoms. The smallest absolute Gasteiger partial charge is 0.136 e. The largest absolute Gasteiger partial charge is 0.530 e. The zero-order valence-electron chi connectivity index (χ0n) is 9.30. The molecule has 0 aromatic heterocycles. The summed E-state index contributed by atoms with van der Waals surface area (Å²) in [5.74, 6) is 1.87. The molecular weight excluding hydrogens is 208 g/mol. The normalized spacial score (nSPS) is 41.9. The van der Waals surface area contributed by atoms with E-state index in [-0.39, 0.29) is 0 Å². The second-order valence-electron chi connectivity index (χ2n) is 5.20. The highest BCUT2D eigenvalue weighted by Crippen LogP contribution is 2.54. The number of carbonyl (C=O) groups is 1. The van der Waals surface area contributed by atoms with Crippen LogP contribution in [0.15, 0.2) is 0 Å². The van der Waals surface area contributed by atoms with Gasteiger partial charge >= 0.3 is 0 Å². The maximum absolute atomic E-state index is 10.6. The molecule has 0 radical (unpaired) electrons. The van der Waals surface area contributed by atoms with Gasteiger partial charge in [-0.05, 0) is 24.2 Å². The van der Waals surface area contributed by atoms with Crippen molar-refractivity contribution in [2.75, 3.05) is 32.8 Å². The molecule has 0 aromatic rings. The summed E-state index contributed by atoms with van der Waals surface area (Å²) in [6, 6.07) is 0. The average molecular weight is 226 g/mol. The predicted octanol–water partition coefficient (Wildman–Crippen LogP) is -2.14. The third-order valence-electron chi connectivity index (χ3n) is 4.27. The molecule has 1 saturated carbocycles. The van der Waals surface area contributed by atoms with E-state index in [9.17, 15) is 9.90 Å². The van der Waals surface area contributed by atoms with Crippen LogP contribution in [0.25, 0.3) is 0 Å². The van der Waals surface area contributed by atoms with Gasteiger partial charge < -0.3 is 24.9 Å². The van der Waals surface area contributed by atoms with Gasteiger partial charge in [0.2, 0.25) is 0 Å². The van der Waals surface area contributed by atoms with E-state index in [0.29, 0.717) is 36.9 Å². The molecule has 90 valence electrons. The summed E-state index contributed by atoms with van der Waals surface area (Å²) in [5, 5.41) is 13.0. The maximum Gasteiger partial charge on any atom is 0.136 e. The SMILES string of the molecule is O=C([O-])N1CC2C(CC3C[NH2+]CCO3)C2C1.